The molecule has 0 heterocycles. The molecule has 0 aliphatic heterocycles. The molecule has 0 rings (SSSR count). The zero-order chi connectivity index (χ0) is 32.8. The van der Waals surface area contributed by atoms with Gasteiger partial charge in [-0.25, -0.2) is 0 Å². The van der Waals surface area contributed by atoms with Gasteiger partial charge >= 0.3 is 29.5 Å². The summed E-state index contributed by atoms with van der Waals surface area (Å²) in [7, 11) is -5.37. The van der Waals surface area contributed by atoms with E-state index in [1.807, 2.05) is 69.2 Å². The Hall–Kier alpha value is -0.166. The number of ether oxygens (including phenoxy) is 2. The monoisotopic (exact) mass is 688 g/mol. The molecule has 10 nitrogen and oxygen atoms in total. The van der Waals surface area contributed by atoms with Crippen LogP contribution in [0.5, 0.6) is 0 Å². The predicted octanol–water partition coefficient (Wildman–Crippen LogP) is 6.36. The van der Waals surface area contributed by atoms with E-state index in [0.29, 0.717) is 58.2 Å². The Balaban J connectivity index is 4.46. The highest BCUT2D eigenvalue weighted by atomic mass is 32.2. The quantitative estimate of drug-likeness (QED) is 0.0518. The minimum Gasteiger partial charge on any atom is -0.465 e. The van der Waals surface area contributed by atoms with Crippen LogP contribution in [0.15, 0.2) is 0 Å². The largest absolute Gasteiger partial charge is 0.500 e. The fraction of sp³-hybridized carbons (Fsp3) is 0.931. The summed E-state index contributed by atoms with van der Waals surface area (Å²) in [5.74, 6) is 0.933. The summed E-state index contributed by atoms with van der Waals surface area (Å²) in [5, 5.41) is 0. The first-order chi connectivity index (χ1) is 20.3. The van der Waals surface area contributed by atoms with Gasteiger partial charge in [0.25, 0.3) is 0 Å². The minimum atomic E-state index is -2.69. The molecule has 0 N–H and O–H groups in total. The zero-order valence-electron chi connectivity index (χ0n) is 28.5. The SMILES string of the molecule is CCO[Si](CCCSC(C)(C)C(=O)OCCCOC(=O)C(C)(C)SCCC[Si](OCC)(OCC)OCC)(OCC)OCC. The Labute approximate surface area is 272 Å². The molecule has 0 aromatic heterocycles. The number of esters is 2. The normalized spacial score (nSPS) is 12.9. The van der Waals surface area contributed by atoms with Crippen LogP contribution in [0.3, 0.4) is 0 Å². The van der Waals surface area contributed by atoms with Crippen molar-refractivity contribution in [3.8, 4) is 0 Å². The molecule has 0 atom stereocenters. The summed E-state index contributed by atoms with van der Waals surface area (Å²) in [6, 6.07) is 1.41. The lowest BCUT2D eigenvalue weighted by Crippen LogP contribution is -2.46. The van der Waals surface area contributed by atoms with E-state index in [2.05, 4.69) is 0 Å². The predicted molar refractivity (Wildman–Crippen MR) is 180 cm³/mol. The third kappa shape index (κ3) is 17.4. The van der Waals surface area contributed by atoms with Crippen LogP contribution in [0, 0.1) is 0 Å². The van der Waals surface area contributed by atoms with Gasteiger partial charge in [-0.2, -0.15) is 0 Å². The molecule has 0 radical (unpaired) electrons. The minimum absolute atomic E-state index is 0.192. The molecule has 43 heavy (non-hydrogen) atoms. The zero-order valence-corrected chi connectivity index (χ0v) is 32.1. The van der Waals surface area contributed by atoms with E-state index >= 15 is 0 Å². The summed E-state index contributed by atoms with van der Waals surface area (Å²) >= 11 is 3.09. The van der Waals surface area contributed by atoms with Crippen molar-refractivity contribution < 1.29 is 45.6 Å². The lowest BCUT2D eigenvalue weighted by atomic mass is 10.2. The molecule has 256 valence electrons. The first-order valence-electron chi connectivity index (χ1n) is 15.8. The average Bonchev–Trinajstić information content (AvgIpc) is 2.94. The van der Waals surface area contributed by atoms with Crippen molar-refractivity contribution in [3.63, 3.8) is 0 Å². The van der Waals surface area contributed by atoms with E-state index in [1.165, 1.54) is 0 Å². The molecular formula is C29H60O10S2Si2. The molecule has 0 saturated carbocycles. The Kier molecular flexibility index (Phi) is 23.1. The maximum Gasteiger partial charge on any atom is 0.500 e. The van der Waals surface area contributed by atoms with E-state index in [0.717, 1.165) is 24.3 Å². The van der Waals surface area contributed by atoms with Crippen molar-refractivity contribution in [1.82, 2.24) is 0 Å². The topological polar surface area (TPSA) is 108 Å². The fourth-order valence-electron chi connectivity index (χ4n) is 4.09. The highest BCUT2D eigenvalue weighted by Crippen LogP contribution is 2.30. The second-order valence-corrected chi connectivity index (χ2v) is 19.4. The summed E-state index contributed by atoms with van der Waals surface area (Å²) in [6.45, 7) is 22.8. The molecule has 0 amide bonds. The van der Waals surface area contributed by atoms with E-state index in [4.69, 9.17) is 36.0 Å². The van der Waals surface area contributed by atoms with Gasteiger partial charge in [0.1, 0.15) is 9.49 Å². The van der Waals surface area contributed by atoms with Crippen molar-refractivity contribution in [1.29, 1.82) is 0 Å². The molecule has 14 heteroatoms. The van der Waals surface area contributed by atoms with Gasteiger partial charge in [-0.3, -0.25) is 9.59 Å². The highest BCUT2D eigenvalue weighted by molar-refractivity contribution is 8.01. The molecule has 0 saturated heterocycles. The maximum absolute atomic E-state index is 12.7. The molecule has 0 aromatic rings. The van der Waals surface area contributed by atoms with E-state index in [1.54, 1.807) is 23.5 Å². The van der Waals surface area contributed by atoms with Gasteiger partial charge in [0.15, 0.2) is 0 Å². The number of thioether (sulfide) groups is 2. The maximum atomic E-state index is 12.7. The van der Waals surface area contributed by atoms with Crippen molar-refractivity contribution in [2.24, 2.45) is 0 Å². The number of carbonyl (C=O) groups is 2. The average molecular weight is 689 g/mol. The lowest BCUT2D eigenvalue weighted by Gasteiger charge is -2.29. The molecule has 0 aromatic carbocycles. The smallest absolute Gasteiger partial charge is 0.465 e. The van der Waals surface area contributed by atoms with Crippen LogP contribution >= 0.6 is 23.5 Å². The molecule has 0 aliphatic carbocycles. The van der Waals surface area contributed by atoms with E-state index < -0.39 is 27.1 Å². The van der Waals surface area contributed by atoms with E-state index in [-0.39, 0.29) is 25.2 Å². The van der Waals surface area contributed by atoms with E-state index in [9.17, 15) is 9.59 Å². The third-order valence-electron chi connectivity index (χ3n) is 6.10. The van der Waals surface area contributed by atoms with Crippen LogP contribution in [0.1, 0.15) is 88.5 Å². The molecule has 0 unspecified atom stereocenters. The summed E-state index contributed by atoms with van der Waals surface area (Å²) in [6.07, 6.45) is 2.06. The summed E-state index contributed by atoms with van der Waals surface area (Å²) < 4.78 is 45.1. The standard InChI is InChI=1S/C29H60O10S2Si2/c1-11-34-42(35-12-2,36-13-3)24-18-22-40-28(7,8)26(30)32-20-17-21-33-27(31)29(9,10)41-23-19-25-43(37-14-4,38-15-5)39-16-6/h11-25H2,1-10H3. The lowest BCUT2D eigenvalue weighted by molar-refractivity contribution is -0.148. The summed E-state index contributed by atoms with van der Waals surface area (Å²) in [5.41, 5.74) is 0. The van der Waals surface area contributed by atoms with Crippen molar-refractivity contribution in [2.45, 2.75) is 110 Å². The Morgan fingerprint density at radius 1 is 0.512 bits per heavy atom. The fourth-order valence-corrected chi connectivity index (χ4v) is 11.8. The van der Waals surface area contributed by atoms with Crippen LogP contribution in [-0.2, 0) is 45.6 Å². The molecule has 0 spiro atoms. The van der Waals surface area contributed by atoms with Crippen LogP contribution in [0.2, 0.25) is 12.1 Å². The van der Waals surface area contributed by atoms with Crippen molar-refractivity contribution >= 4 is 53.1 Å². The molecule has 0 aliphatic rings. The first kappa shape index (κ1) is 42.8. The number of rotatable bonds is 28. The second kappa shape index (κ2) is 23.2. The van der Waals surface area contributed by atoms with Crippen LogP contribution in [0.25, 0.3) is 0 Å². The van der Waals surface area contributed by atoms with Crippen molar-refractivity contribution in [3.05, 3.63) is 0 Å². The van der Waals surface area contributed by atoms with Crippen LogP contribution in [0.4, 0.5) is 0 Å². The highest BCUT2D eigenvalue weighted by Gasteiger charge is 2.41. The summed E-state index contributed by atoms with van der Waals surface area (Å²) in [4.78, 5) is 25.4. The van der Waals surface area contributed by atoms with Crippen LogP contribution in [-0.4, -0.2) is 103 Å². The van der Waals surface area contributed by atoms with Gasteiger partial charge in [-0.1, -0.05) is 0 Å². The second-order valence-electron chi connectivity index (χ2n) is 10.5. The van der Waals surface area contributed by atoms with Gasteiger partial charge in [0.2, 0.25) is 0 Å². The van der Waals surface area contributed by atoms with Gasteiger partial charge in [-0.05, 0) is 93.6 Å². The third-order valence-corrected chi connectivity index (χ3v) is 15.2. The Morgan fingerprint density at radius 3 is 1.05 bits per heavy atom. The Morgan fingerprint density at radius 2 is 0.791 bits per heavy atom. The number of hydrogen-bond acceptors (Lipinski definition) is 12. The molecule has 0 bridgehead atoms. The van der Waals surface area contributed by atoms with Gasteiger partial charge in [0.05, 0.1) is 13.2 Å². The van der Waals surface area contributed by atoms with Gasteiger partial charge < -0.3 is 36.0 Å². The molecular weight excluding hydrogens is 629 g/mol. The van der Waals surface area contributed by atoms with Crippen molar-refractivity contribution in [2.75, 3.05) is 64.4 Å². The number of carbonyl (C=O) groups excluding carboxylic acids is 2. The Bertz CT molecular complexity index is 665. The molecule has 0 fully saturated rings. The number of hydrogen-bond donors (Lipinski definition) is 0. The van der Waals surface area contributed by atoms with Crippen LogP contribution < -0.4 is 0 Å². The van der Waals surface area contributed by atoms with Gasteiger partial charge in [-0.15, -0.1) is 23.5 Å². The van der Waals surface area contributed by atoms with Gasteiger partial charge in [0, 0.05) is 58.2 Å². The first-order valence-corrected chi connectivity index (χ1v) is 21.6.